The quantitative estimate of drug-likeness (QED) is 0.646. The number of hydrogen-bond acceptors (Lipinski definition) is 5. The summed E-state index contributed by atoms with van der Waals surface area (Å²) in [6.07, 6.45) is 5.00. The molecule has 2 heterocycles. The molecular weight excluding hydrogens is 234 g/mol. The van der Waals surface area contributed by atoms with E-state index in [4.69, 9.17) is 4.74 Å². The molecule has 0 radical (unpaired) electrons. The van der Waals surface area contributed by atoms with Crippen LogP contribution in [0, 0.1) is 0 Å². The monoisotopic (exact) mass is 247 g/mol. The third kappa shape index (κ3) is 3.52. The molecule has 84 valence electrons. The second kappa shape index (κ2) is 6.15. The lowest BCUT2D eigenvalue weighted by Crippen LogP contribution is -2.20. The minimum absolute atomic E-state index is 0. The zero-order valence-corrected chi connectivity index (χ0v) is 10.1. The lowest BCUT2D eigenvalue weighted by molar-refractivity contribution is 0.212. The number of hydrogen-bond donors (Lipinski definition) is 1. The van der Waals surface area contributed by atoms with Crippen LogP contribution in [0.3, 0.4) is 0 Å². The highest BCUT2D eigenvalue weighted by Crippen LogP contribution is 2.15. The first-order valence-electron chi connectivity index (χ1n) is 4.63. The first kappa shape index (κ1) is 12.5. The zero-order valence-electron chi connectivity index (χ0n) is 8.47. The van der Waals surface area contributed by atoms with E-state index in [0.717, 1.165) is 24.7 Å². The molecule has 2 rings (SSSR count). The summed E-state index contributed by atoms with van der Waals surface area (Å²) in [6.45, 7) is 1.95. The fraction of sp³-hybridized carbons (Fsp3) is 0.556. The van der Waals surface area contributed by atoms with E-state index in [9.17, 15) is 0 Å². The predicted molar refractivity (Wildman–Crippen MR) is 63.0 cm³/mol. The van der Waals surface area contributed by atoms with Crippen molar-refractivity contribution in [3.8, 4) is 5.88 Å². The summed E-state index contributed by atoms with van der Waals surface area (Å²) in [5.41, 5.74) is 0. The van der Waals surface area contributed by atoms with Crippen molar-refractivity contribution in [2.45, 2.75) is 17.7 Å². The maximum atomic E-state index is 5.69. The van der Waals surface area contributed by atoms with Crippen molar-refractivity contribution in [2.24, 2.45) is 0 Å². The van der Waals surface area contributed by atoms with Gasteiger partial charge in [-0.15, -0.1) is 12.4 Å². The number of halogens is 1. The van der Waals surface area contributed by atoms with Crippen LogP contribution in [0.15, 0.2) is 17.4 Å². The fourth-order valence-corrected chi connectivity index (χ4v) is 1.74. The van der Waals surface area contributed by atoms with Crippen molar-refractivity contribution in [3.05, 3.63) is 12.3 Å². The Bertz CT molecular complexity index is 307. The van der Waals surface area contributed by atoms with E-state index in [1.807, 2.05) is 6.26 Å². The normalized spacial score (nSPS) is 19.7. The number of ether oxygens (including phenoxy) is 1. The molecule has 0 spiro atoms. The largest absolute Gasteiger partial charge is 0.473 e. The molecule has 1 aromatic heterocycles. The van der Waals surface area contributed by atoms with Gasteiger partial charge in [-0.05, 0) is 19.2 Å². The number of nitrogens with one attached hydrogen (secondary N) is 1. The summed E-state index contributed by atoms with van der Waals surface area (Å²) in [7, 11) is 0. The van der Waals surface area contributed by atoms with Gasteiger partial charge in [-0.1, -0.05) is 11.8 Å². The van der Waals surface area contributed by atoms with Crippen LogP contribution in [-0.4, -0.2) is 35.4 Å². The van der Waals surface area contributed by atoms with Crippen LogP contribution < -0.4 is 10.1 Å². The summed E-state index contributed by atoms with van der Waals surface area (Å²) < 4.78 is 5.69. The molecule has 0 bridgehead atoms. The second-order valence-electron chi connectivity index (χ2n) is 3.11. The molecule has 1 atom stereocenters. The molecule has 15 heavy (non-hydrogen) atoms. The van der Waals surface area contributed by atoms with Crippen molar-refractivity contribution < 1.29 is 4.74 Å². The van der Waals surface area contributed by atoms with Crippen molar-refractivity contribution in [1.82, 2.24) is 15.3 Å². The lowest BCUT2D eigenvalue weighted by atomic mass is 10.3. The topological polar surface area (TPSA) is 47.0 Å². The molecule has 1 fully saturated rings. The second-order valence-corrected chi connectivity index (χ2v) is 3.89. The van der Waals surface area contributed by atoms with Gasteiger partial charge in [0.05, 0.1) is 0 Å². The van der Waals surface area contributed by atoms with Gasteiger partial charge in [-0.3, -0.25) is 0 Å². The Hall–Kier alpha value is -0.520. The highest BCUT2D eigenvalue weighted by Gasteiger charge is 2.16. The van der Waals surface area contributed by atoms with Crippen molar-refractivity contribution in [1.29, 1.82) is 0 Å². The first-order chi connectivity index (χ1) is 6.88. The van der Waals surface area contributed by atoms with Crippen LogP contribution in [0.4, 0.5) is 0 Å². The van der Waals surface area contributed by atoms with Gasteiger partial charge in [0.15, 0.2) is 5.16 Å². The smallest absolute Gasteiger partial charge is 0.217 e. The van der Waals surface area contributed by atoms with Crippen LogP contribution in [0.2, 0.25) is 0 Å². The van der Waals surface area contributed by atoms with Gasteiger partial charge < -0.3 is 10.1 Å². The van der Waals surface area contributed by atoms with Crippen LogP contribution in [-0.2, 0) is 0 Å². The first-order valence-corrected chi connectivity index (χ1v) is 5.85. The average Bonchev–Trinajstić information content (AvgIpc) is 2.71. The Kier molecular flexibility index (Phi) is 5.14. The molecule has 0 amide bonds. The Morgan fingerprint density at radius 3 is 3.13 bits per heavy atom. The molecule has 4 nitrogen and oxygen atoms in total. The Balaban J connectivity index is 0.00000112. The van der Waals surface area contributed by atoms with Gasteiger partial charge in [-0.25, -0.2) is 4.98 Å². The molecule has 0 aliphatic carbocycles. The number of aromatic nitrogens is 2. The highest BCUT2D eigenvalue weighted by atomic mass is 35.5. The summed E-state index contributed by atoms with van der Waals surface area (Å²) in [5.74, 6) is 0.679. The maximum absolute atomic E-state index is 5.69. The minimum Gasteiger partial charge on any atom is -0.473 e. The van der Waals surface area contributed by atoms with Gasteiger partial charge in [0.25, 0.3) is 0 Å². The molecule has 1 saturated heterocycles. The third-order valence-corrected chi connectivity index (χ3v) is 2.65. The zero-order chi connectivity index (χ0) is 9.80. The van der Waals surface area contributed by atoms with E-state index in [2.05, 4.69) is 15.3 Å². The molecule has 1 aliphatic rings. The summed E-state index contributed by atoms with van der Waals surface area (Å²) in [4.78, 5) is 8.35. The molecule has 1 N–H and O–H groups in total. The minimum atomic E-state index is 0. The van der Waals surface area contributed by atoms with Crippen molar-refractivity contribution in [2.75, 3.05) is 19.3 Å². The number of thioether (sulfide) groups is 1. The standard InChI is InChI=1S/C9H13N3OS.ClH/c1-14-9-11-5-3-8(12-9)13-7-2-4-10-6-7;/h3,5,7,10H,2,4,6H2,1H3;1H/t7-;/m0./s1. The number of rotatable bonds is 3. The molecular formula is C9H14ClN3OS. The average molecular weight is 248 g/mol. The van der Waals surface area contributed by atoms with Gasteiger partial charge in [0.1, 0.15) is 6.10 Å². The predicted octanol–water partition coefficient (Wildman–Crippen LogP) is 1.36. The molecule has 0 saturated carbocycles. The van der Waals surface area contributed by atoms with E-state index in [1.165, 1.54) is 11.8 Å². The van der Waals surface area contributed by atoms with Crippen LogP contribution in [0.5, 0.6) is 5.88 Å². The Labute approximate surface area is 99.6 Å². The van der Waals surface area contributed by atoms with Crippen molar-refractivity contribution >= 4 is 24.2 Å². The summed E-state index contributed by atoms with van der Waals surface area (Å²) in [6, 6.07) is 1.80. The SMILES string of the molecule is CSc1nccc(O[C@H]2CCNC2)n1.Cl. The van der Waals surface area contributed by atoms with Gasteiger partial charge in [-0.2, -0.15) is 4.98 Å². The molecule has 6 heteroatoms. The molecule has 0 aromatic carbocycles. The number of nitrogens with zero attached hydrogens (tertiary/aromatic N) is 2. The Morgan fingerprint density at radius 1 is 1.60 bits per heavy atom. The van der Waals surface area contributed by atoms with Crippen LogP contribution in [0.1, 0.15) is 6.42 Å². The van der Waals surface area contributed by atoms with E-state index >= 15 is 0 Å². The fourth-order valence-electron chi connectivity index (χ4n) is 1.39. The van der Waals surface area contributed by atoms with Gasteiger partial charge in [0, 0.05) is 18.8 Å². The van der Waals surface area contributed by atoms with E-state index in [1.54, 1.807) is 12.3 Å². The molecule has 1 aliphatic heterocycles. The third-order valence-electron chi connectivity index (χ3n) is 2.09. The van der Waals surface area contributed by atoms with Crippen LogP contribution >= 0.6 is 24.2 Å². The van der Waals surface area contributed by atoms with E-state index in [0.29, 0.717) is 5.88 Å². The van der Waals surface area contributed by atoms with Crippen molar-refractivity contribution in [3.63, 3.8) is 0 Å². The maximum Gasteiger partial charge on any atom is 0.217 e. The highest BCUT2D eigenvalue weighted by molar-refractivity contribution is 7.98. The summed E-state index contributed by atoms with van der Waals surface area (Å²) >= 11 is 1.52. The van der Waals surface area contributed by atoms with Gasteiger partial charge in [0.2, 0.25) is 5.88 Å². The molecule has 1 aromatic rings. The van der Waals surface area contributed by atoms with Crippen LogP contribution in [0.25, 0.3) is 0 Å². The van der Waals surface area contributed by atoms with Gasteiger partial charge >= 0.3 is 0 Å². The van der Waals surface area contributed by atoms with E-state index in [-0.39, 0.29) is 18.5 Å². The molecule has 0 unspecified atom stereocenters. The van der Waals surface area contributed by atoms with E-state index < -0.39 is 0 Å². The lowest BCUT2D eigenvalue weighted by Gasteiger charge is -2.11. The Morgan fingerprint density at radius 2 is 2.47 bits per heavy atom. The summed E-state index contributed by atoms with van der Waals surface area (Å²) in [5, 5.41) is 4.01.